The first kappa shape index (κ1) is 95.3. The number of piperazine rings is 1. The van der Waals surface area contributed by atoms with Crippen LogP contribution in [0.2, 0.25) is 10.0 Å². The molecule has 4 unspecified atom stereocenters. The van der Waals surface area contributed by atoms with Crippen molar-refractivity contribution in [2.45, 2.75) is 171 Å². The molecule has 12 aromatic rings. The lowest BCUT2D eigenvalue weighted by Gasteiger charge is -2.32. The number of para-hydroxylation sites is 2. The van der Waals surface area contributed by atoms with Crippen molar-refractivity contribution >= 4 is 68.7 Å². The highest BCUT2D eigenvalue weighted by Gasteiger charge is 2.32. The number of piperidine rings is 1. The van der Waals surface area contributed by atoms with E-state index < -0.39 is 22.8 Å². The van der Waals surface area contributed by atoms with Gasteiger partial charge in [-0.3, -0.25) is 48.7 Å². The standard InChI is InChI=1S/C29H31ClN4O3.C28H28ClN3O3.C28H31N3O2.C27H29N3O2/c1-33-13-15-34(16-14-33)28(36)22-11-12-23(25(30)18-22)20-7-9-21(10-8-20)26-24(27(35)32-29(37)31-26)17-19-5-3-2-4-6-19;29-24-17-21(27(34)32-14-4-5-15-32)12-13-22(24)19-8-10-20(11-9-19)25-23(26(33)31-28(35)30-25)16-18-6-2-1-3-7-18;32-27-24(19-20-9-3-1-4-10-20)26(29-28(33)30-27)22-15-13-21(14-16-22)23-11-5-6-12-25(23)31-17-7-2-8-18-31;31-26-23(18-19-8-2-1-3-9-19)25(28-27(32)29-26)21-14-12-20(13-15-21)22-10-4-5-11-24(22)30-16-6-7-17-30/h2-7,11-12,18,21H,8-10,13-17H2,1H3,(H2,31,32,35,37);1-3,6-8,12-13,17,20H,4-5,9-11,14-16H2,(H2,30,31,33,35);1,3-6,9-13,22H,2,7-8,14-19H2,(H2,29,30,32,33);1-5,8-12,21H,6-7,13-18H2,(H2,28,29,31,32). The number of hydrogen-bond donors (Lipinski definition) is 8. The van der Waals surface area contributed by atoms with Gasteiger partial charge in [0.2, 0.25) is 0 Å². The van der Waals surface area contributed by atoms with E-state index >= 15 is 0 Å². The fraction of sp³-hybridized carbons (Fsp3) is 0.339. The number of nitrogens with one attached hydrogen (secondary N) is 8. The molecule has 0 bridgehead atoms. The lowest BCUT2D eigenvalue weighted by Crippen LogP contribution is -2.47. The number of hydrogen-bond acceptors (Lipinski definition) is 13. The second kappa shape index (κ2) is 45.0. The summed E-state index contributed by atoms with van der Waals surface area (Å²) in [6.45, 7) is 9.31. The summed E-state index contributed by atoms with van der Waals surface area (Å²) in [5.41, 5.74) is 20.2. The minimum atomic E-state index is -0.477. The zero-order chi connectivity index (χ0) is 94.8. The molecule has 8 N–H and O–H groups in total. The van der Waals surface area contributed by atoms with Crippen molar-refractivity contribution < 1.29 is 9.59 Å². The number of benzene rings is 8. The molecule has 4 aliphatic carbocycles. The number of aromatic amines is 8. The van der Waals surface area contributed by atoms with Gasteiger partial charge >= 0.3 is 22.8 Å². The van der Waals surface area contributed by atoms with E-state index in [1.807, 2.05) is 155 Å². The van der Waals surface area contributed by atoms with Crippen LogP contribution in [-0.4, -0.2) is 139 Å². The van der Waals surface area contributed by atoms with Crippen molar-refractivity contribution in [1.29, 1.82) is 0 Å². The van der Waals surface area contributed by atoms with Crippen LogP contribution in [0.4, 0.5) is 11.4 Å². The highest BCUT2D eigenvalue weighted by molar-refractivity contribution is 6.33. The van der Waals surface area contributed by atoms with Crippen molar-refractivity contribution in [3.8, 4) is 0 Å². The van der Waals surface area contributed by atoms with Crippen LogP contribution >= 0.6 is 23.2 Å². The molecule has 2 amide bonds. The number of halogens is 2. The topological polar surface area (TPSA) is 313 Å². The molecule has 8 heterocycles. The number of H-pyrrole nitrogens is 8. The molecular weight excluding hydrogens is 1760 g/mol. The van der Waals surface area contributed by atoms with Gasteiger partial charge in [-0.25, -0.2) is 19.2 Å². The lowest BCUT2D eigenvalue weighted by molar-refractivity contribution is 0.0663. The van der Waals surface area contributed by atoms with Gasteiger partial charge in [0.1, 0.15) is 0 Å². The zero-order valence-electron chi connectivity index (χ0n) is 77.7. The average Bonchev–Trinajstić information content (AvgIpc) is 1.35. The minimum Gasteiger partial charge on any atom is -0.371 e. The Morgan fingerprint density at radius 2 is 0.569 bits per heavy atom. The van der Waals surface area contributed by atoms with E-state index in [0.717, 1.165) is 204 Å². The van der Waals surface area contributed by atoms with Gasteiger partial charge in [0.05, 0.1) is 0 Å². The predicted octanol–water partition coefficient (Wildman–Crippen LogP) is 18.5. The normalized spacial score (nSPS) is 18.4. The van der Waals surface area contributed by atoms with E-state index in [1.165, 1.54) is 65.8 Å². The van der Waals surface area contributed by atoms with Crippen molar-refractivity contribution in [1.82, 2.24) is 54.6 Å². The van der Waals surface area contributed by atoms with Gasteiger partial charge in [0, 0.05) is 204 Å². The smallest absolute Gasteiger partial charge is 0.325 e. The Morgan fingerprint density at radius 3 is 0.861 bits per heavy atom. The van der Waals surface area contributed by atoms with Gasteiger partial charge < -0.3 is 44.4 Å². The number of anilines is 2. The maximum absolute atomic E-state index is 12.9. The molecule has 4 aliphatic heterocycles. The summed E-state index contributed by atoms with van der Waals surface area (Å²) < 4.78 is 0. The van der Waals surface area contributed by atoms with Gasteiger partial charge in [-0.1, -0.05) is 217 Å². The fourth-order valence-electron chi connectivity index (χ4n) is 21.0. The Balaban J connectivity index is 0.000000127. The molecule has 706 valence electrons. The van der Waals surface area contributed by atoms with Crippen molar-refractivity contribution in [3.63, 3.8) is 0 Å². The molecule has 4 aromatic heterocycles. The van der Waals surface area contributed by atoms with E-state index in [9.17, 15) is 47.9 Å². The molecular formula is C112H119Cl2N13O10. The molecule has 0 spiro atoms. The molecule has 0 saturated carbocycles. The first-order chi connectivity index (χ1) is 66.7. The summed E-state index contributed by atoms with van der Waals surface area (Å²) in [6.07, 6.45) is 29.2. The molecule has 4 atom stereocenters. The van der Waals surface area contributed by atoms with Gasteiger partial charge in [0.15, 0.2) is 0 Å². The van der Waals surface area contributed by atoms with E-state index in [2.05, 4.69) is 134 Å². The third kappa shape index (κ3) is 23.6. The molecule has 8 aliphatic rings. The highest BCUT2D eigenvalue weighted by atomic mass is 35.5. The fourth-order valence-corrected chi connectivity index (χ4v) is 21.6. The van der Waals surface area contributed by atoms with E-state index in [1.54, 1.807) is 12.1 Å². The second-order valence-electron chi connectivity index (χ2n) is 37.4. The van der Waals surface area contributed by atoms with Crippen LogP contribution in [0.3, 0.4) is 0 Å². The van der Waals surface area contributed by atoms with Crippen LogP contribution in [0, 0.1) is 0 Å². The second-order valence-corrected chi connectivity index (χ2v) is 38.2. The summed E-state index contributed by atoms with van der Waals surface area (Å²) in [7, 11) is 2.06. The number of rotatable bonds is 20. The summed E-state index contributed by atoms with van der Waals surface area (Å²) >= 11 is 13.3. The quantitative estimate of drug-likeness (QED) is 0.0352. The number of carbonyl (C=O) groups is 2. The van der Waals surface area contributed by atoms with Gasteiger partial charge in [0.25, 0.3) is 34.1 Å². The number of amides is 2. The molecule has 8 aromatic carbocycles. The number of carbonyl (C=O) groups excluding carboxylic acids is 2. The summed E-state index contributed by atoms with van der Waals surface area (Å²) in [4.78, 5) is 157. The molecule has 25 heteroatoms. The summed E-state index contributed by atoms with van der Waals surface area (Å²) in [5, 5.41) is 1.15. The van der Waals surface area contributed by atoms with Gasteiger partial charge in [-0.05, 0) is 221 Å². The Labute approximate surface area is 806 Å². The molecule has 0 radical (unpaired) electrons. The third-order valence-corrected chi connectivity index (χ3v) is 29.0. The number of aromatic nitrogens is 8. The monoisotopic (exact) mass is 1880 g/mol. The Bertz CT molecular complexity index is 6960. The molecule has 23 nitrogen and oxygen atoms in total. The maximum Gasteiger partial charge on any atom is 0.325 e. The van der Waals surface area contributed by atoms with Crippen LogP contribution in [-0.2, 0) is 25.7 Å². The molecule has 137 heavy (non-hydrogen) atoms. The lowest BCUT2D eigenvalue weighted by atomic mass is 9.82. The van der Waals surface area contributed by atoms with E-state index in [4.69, 9.17) is 23.2 Å². The molecule has 4 fully saturated rings. The average molecular weight is 1880 g/mol. The number of likely N-dealkylation sites (tertiary alicyclic amines) is 1. The Morgan fingerprint density at radius 1 is 0.299 bits per heavy atom. The highest BCUT2D eigenvalue weighted by Crippen LogP contribution is 2.45. The Hall–Kier alpha value is -13.5. The van der Waals surface area contributed by atoms with Crippen LogP contribution in [0.15, 0.2) is 269 Å². The van der Waals surface area contributed by atoms with Crippen LogP contribution in [0.1, 0.15) is 256 Å². The zero-order valence-corrected chi connectivity index (χ0v) is 79.2. The predicted molar refractivity (Wildman–Crippen MR) is 548 cm³/mol. The van der Waals surface area contributed by atoms with Gasteiger partial charge in [-0.15, -0.1) is 0 Å². The van der Waals surface area contributed by atoms with Crippen molar-refractivity contribution in [2.24, 2.45) is 0 Å². The van der Waals surface area contributed by atoms with Crippen LogP contribution < -0.4 is 54.8 Å². The largest absolute Gasteiger partial charge is 0.371 e. The first-order valence-electron chi connectivity index (χ1n) is 48.6. The van der Waals surface area contributed by atoms with Crippen molar-refractivity contribution in [3.05, 3.63) is 425 Å². The maximum atomic E-state index is 12.9. The number of allylic oxidation sites excluding steroid dienone is 8. The molecule has 20 rings (SSSR count). The molecule has 4 saturated heterocycles. The number of likely N-dealkylation sites (N-methyl/N-ethyl adjacent to an activating group) is 1. The SMILES string of the molecule is CN1CCN(C(=O)c2ccc(C3=CCC(c4[nH]c(=O)[nH]c(=O)c4Cc4ccccc4)CC3)c(Cl)c2)CC1.O=C(c1ccc(C2=CCC(c3[nH]c(=O)[nH]c(=O)c3Cc3ccccc3)CC2)c(Cl)c1)N1CCCC1.O=c1[nH]c(C2CC=C(c3ccccc3N3CCCC3)CC2)c(Cc2ccccc2)c(=O)[nH]1.O=c1[nH]c(C2CC=C(c3ccccc3N3CCCCC3)CC2)c(Cc2ccccc2)c(=O)[nH]1. The van der Waals surface area contributed by atoms with Gasteiger partial charge in [-0.2, -0.15) is 0 Å². The van der Waals surface area contributed by atoms with Crippen LogP contribution in [0.5, 0.6) is 0 Å². The Kier molecular flexibility index (Phi) is 31.3. The summed E-state index contributed by atoms with van der Waals surface area (Å²) in [6, 6.07) is 68.1. The minimum absolute atomic E-state index is 0.0171. The number of nitrogens with zero attached hydrogens (tertiary/aromatic N) is 5. The summed E-state index contributed by atoms with van der Waals surface area (Å²) in [5.74, 6) is 0.425. The van der Waals surface area contributed by atoms with E-state index in [0.29, 0.717) is 87.6 Å². The van der Waals surface area contributed by atoms with E-state index in [-0.39, 0.29) is 57.7 Å². The van der Waals surface area contributed by atoms with Crippen LogP contribution in [0.25, 0.3) is 22.3 Å². The first-order valence-corrected chi connectivity index (χ1v) is 49.4. The van der Waals surface area contributed by atoms with Crippen molar-refractivity contribution in [2.75, 3.05) is 82.3 Å². The third-order valence-electron chi connectivity index (χ3n) is 28.4.